The van der Waals surface area contributed by atoms with Gasteiger partial charge in [-0.3, -0.25) is 14.4 Å². The minimum absolute atomic E-state index is 0.0754. The molecule has 0 heterocycles. The molecule has 0 aromatic carbocycles. The molecule has 1 atom stereocenters. The minimum atomic E-state index is -0.775. The first-order chi connectivity index (χ1) is 35.0. The van der Waals surface area contributed by atoms with Crippen molar-refractivity contribution < 1.29 is 28.6 Å². The highest BCUT2D eigenvalue weighted by molar-refractivity contribution is 5.71. The number of unbranched alkanes of at least 4 members (excludes halogenated alkanes) is 32. The van der Waals surface area contributed by atoms with Crippen LogP contribution >= 0.6 is 0 Å². The lowest BCUT2D eigenvalue weighted by Gasteiger charge is -2.18. The van der Waals surface area contributed by atoms with Crippen molar-refractivity contribution in [1.82, 2.24) is 0 Å². The molecule has 0 aromatic heterocycles. The first-order valence-corrected chi connectivity index (χ1v) is 30.4. The minimum Gasteiger partial charge on any atom is -0.462 e. The Kier molecular flexibility index (Phi) is 56.8. The Morgan fingerprint density at radius 1 is 0.296 bits per heavy atom. The zero-order valence-corrected chi connectivity index (χ0v) is 47.0. The third-order valence-corrected chi connectivity index (χ3v) is 13.2. The molecule has 0 spiro atoms. The molecule has 0 saturated carbocycles. The molecule has 0 rings (SSSR count). The smallest absolute Gasteiger partial charge is 0.306 e. The predicted octanol–water partition coefficient (Wildman–Crippen LogP) is 20.5. The Labute approximate surface area is 440 Å². The van der Waals surface area contributed by atoms with Gasteiger partial charge in [0, 0.05) is 19.3 Å². The van der Waals surface area contributed by atoms with E-state index in [1.807, 2.05) is 0 Å². The summed E-state index contributed by atoms with van der Waals surface area (Å²) in [6, 6.07) is 0. The van der Waals surface area contributed by atoms with Gasteiger partial charge in [0.2, 0.25) is 0 Å². The van der Waals surface area contributed by atoms with E-state index in [-0.39, 0.29) is 31.1 Å². The van der Waals surface area contributed by atoms with Crippen LogP contribution in [0.3, 0.4) is 0 Å². The molecule has 0 radical (unpaired) electrons. The molecule has 0 amide bonds. The van der Waals surface area contributed by atoms with Gasteiger partial charge in [-0.15, -0.1) is 0 Å². The first-order valence-electron chi connectivity index (χ1n) is 30.4. The maximum atomic E-state index is 12.8. The van der Waals surface area contributed by atoms with E-state index in [4.69, 9.17) is 14.2 Å². The number of carbonyl (C=O) groups excluding carboxylic acids is 3. The molecule has 0 aromatic rings. The van der Waals surface area contributed by atoms with Crippen LogP contribution in [0.25, 0.3) is 0 Å². The molecule has 71 heavy (non-hydrogen) atoms. The summed E-state index contributed by atoms with van der Waals surface area (Å²) in [7, 11) is 0. The highest BCUT2D eigenvalue weighted by Gasteiger charge is 2.19. The Hall–Kier alpha value is -3.15. The Bertz CT molecular complexity index is 1320. The molecule has 6 nitrogen and oxygen atoms in total. The summed E-state index contributed by atoms with van der Waals surface area (Å²) in [5, 5.41) is 0. The normalized spacial score (nSPS) is 12.5. The van der Waals surface area contributed by atoms with Gasteiger partial charge in [-0.1, -0.05) is 267 Å². The van der Waals surface area contributed by atoms with Gasteiger partial charge in [0.1, 0.15) is 13.2 Å². The molecule has 0 aliphatic rings. The van der Waals surface area contributed by atoms with Crippen LogP contribution in [0.5, 0.6) is 0 Å². The fraction of sp³-hybridized carbons (Fsp3) is 0.769. The third-order valence-electron chi connectivity index (χ3n) is 13.2. The summed E-state index contributed by atoms with van der Waals surface area (Å²) < 4.78 is 16.8. The van der Waals surface area contributed by atoms with Gasteiger partial charge in [-0.25, -0.2) is 0 Å². The summed E-state index contributed by atoms with van der Waals surface area (Å²) in [6.45, 7) is 6.50. The second-order valence-electron chi connectivity index (χ2n) is 20.2. The lowest BCUT2D eigenvalue weighted by Crippen LogP contribution is -2.30. The van der Waals surface area contributed by atoms with Gasteiger partial charge in [0.05, 0.1) is 0 Å². The molecule has 0 saturated heterocycles. The summed E-state index contributed by atoms with van der Waals surface area (Å²) >= 11 is 0. The van der Waals surface area contributed by atoms with Gasteiger partial charge in [-0.05, 0) is 89.9 Å². The molecule has 0 bridgehead atoms. The van der Waals surface area contributed by atoms with Crippen molar-refractivity contribution in [3.8, 4) is 0 Å². The van der Waals surface area contributed by atoms with Gasteiger partial charge < -0.3 is 14.2 Å². The average Bonchev–Trinajstić information content (AvgIpc) is 3.37. The monoisotopic (exact) mass is 991 g/mol. The lowest BCUT2D eigenvalue weighted by molar-refractivity contribution is -0.167. The van der Waals surface area contributed by atoms with Gasteiger partial charge in [0.15, 0.2) is 6.10 Å². The van der Waals surface area contributed by atoms with Gasteiger partial charge >= 0.3 is 17.9 Å². The molecular formula is C65H114O6. The zero-order chi connectivity index (χ0) is 51.4. The Balaban J connectivity index is 4.15. The van der Waals surface area contributed by atoms with Gasteiger partial charge in [-0.2, -0.15) is 0 Å². The van der Waals surface area contributed by atoms with Crippen LogP contribution in [-0.2, 0) is 28.6 Å². The number of rotatable bonds is 55. The molecule has 410 valence electrons. The van der Waals surface area contributed by atoms with E-state index in [1.54, 1.807) is 0 Å². The molecule has 0 N–H and O–H groups in total. The van der Waals surface area contributed by atoms with E-state index in [0.29, 0.717) is 19.3 Å². The molecule has 0 aliphatic carbocycles. The number of ether oxygens (including phenoxy) is 3. The van der Waals surface area contributed by atoms with Crippen LogP contribution in [0.4, 0.5) is 0 Å². The first kappa shape index (κ1) is 67.8. The van der Waals surface area contributed by atoms with E-state index >= 15 is 0 Å². The standard InChI is InChI=1S/C65H114O6/c1-4-7-10-13-16-18-20-22-24-26-28-30-31-32-33-35-36-38-40-42-44-46-49-52-55-58-64(67)70-61-62(60-69-63(66)57-54-51-48-15-12-9-6-3)71-65(68)59-56-53-50-47-45-43-41-39-37-34-29-27-25-23-21-19-17-14-11-8-5-2/h7,10,16,18,21-24,27-30,62H,4-6,8-9,11-15,17,19-20,25-26,31-61H2,1-3H3/b10-7-,18-16-,23-21-,24-22-,29-27-,30-28-. The zero-order valence-electron chi connectivity index (χ0n) is 47.0. The van der Waals surface area contributed by atoms with Crippen molar-refractivity contribution in [2.24, 2.45) is 0 Å². The highest BCUT2D eigenvalue weighted by Crippen LogP contribution is 2.16. The van der Waals surface area contributed by atoms with Crippen LogP contribution < -0.4 is 0 Å². The van der Waals surface area contributed by atoms with Crippen molar-refractivity contribution in [1.29, 1.82) is 0 Å². The fourth-order valence-electron chi connectivity index (χ4n) is 8.64. The quantitative estimate of drug-likeness (QED) is 0.0261. The fourth-order valence-corrected chi connectivity index (χ4v) is 8.64. The third kappa shape index (κ3) is 57.6. The van der Waals surface area contributed by atoms with E-state index in [9.17, 15) is 14.4 Å². The van der Waals surface area contributed by atoms with E-state index < -0.39 is 6.10 Å². The van der Waals surface area contributed by atoms with E-state index in [0.717, 1.165) is 89.9 Å². The second-order valence-corrected chi connectivity index (χ2v) is 20.2. The maximum Gasteiger partial charge on any atom is 0.306 e. The van der Waals surface area contributed by atoms with Crippen molar-refractivity contribution in [2.75, 3.05) is 13.2 Å². The van der Waals surface area contributed by atoms with Crippen molar-refractivity contribution >= 4 is 17.9 Å². The topological polar surface area (TPSA) is 78.9 Å². The van der Waals surface area contributed by atoms with Crippen LogP contribution in [0, 0.1) is 0 Å². The number of hydrogen-bond acceptors (Lipinski definition) is 6. The molecule has 6 heteroatoms. The largest absolute Gasteiger partial charge is 0.462 e. The molecule has 0 aliphatic heterocycles. The summed E-state index contributed by atoms with van der Waals surface area (Å²) in [6.07, 6.45) is 76.4. The van der Waals surface area contributed by atoms with E-state index in [2.05, 4.69) is 93.7 Å². The molecule has 0 fully saturated rings. The second kappa shape index (κ2) is 59.4. The number of esters is 3. The van der Waals surface area contributed by atoms with E-state index in [1.165, 1.54) is 173 Å². The Morgan fingerprint density at radius 3 is 0.859 bits per heavy atom. The van der Waals surface area contributed by atoms with Crippen LogP contribution in [0.1, 0.15) is 303 Å². The number of carbonyl (C=O) groups is 3. The lowest BCUT2D eigenvalue weighted by atomic mass is 10.0. The van der Waals surface area contributed by atoms with Gasteiger partial charge in [0.25, 0.3) is 0 Å². The summed E-state index contributed by atoms with van der Waals surface area (Å²) in [5.74, 6) is -0.878. The SMILES string of the molecule is CC/C=C\C/C=C\C/C=C\C/C=C\CCCCCCCCCCCCCCC(=O)OCC(COC(=O)CCCCCCCCC)OC(=O)CCCCCCCCCCC/C=C\C/C=C\CCCCCCC. The van der Waals surface area contributed by atoms with Crippen LogP contribution in [-0.4, -0.2) is 37.2 Å². The van der Waals surface area contributed by atoms with Crippen LogP contribution in [0.15, 0.2) is 72.9 Å². The van der Waals surface area contributed by atoms with Crippen LogP contribution in [0.2, 0.25) is 0 Å². The van der Waals surface area contributed by atoms with Crippen molar-refractivity contribution in [2.45, 2.75) is 309 Å². The maximum absolute atomic E-state index is 12.8. The van der Waals surface area contributed by atoms with Crippen molar-refractivity contribution in [3.63, 3.8) is 0 Å². The number of hydrogen-bond donors (Lipinski definition) is 0. The predicted molar refractivity (Wildman–Crippen MR) is 307 cm³/mol. The average molecular weight is 992 g/mol. The highest BCUT2D eigenvalue weighted by atomic mass is 16.6. The summed E-state index contributed by atoms with van der Waals surface area (Å²) in [4.78, 5) is 38.0. The molecular weight excluding hydrogens is 877 g/mol. The molecule has 1 unspecified atom stereocenters. The number of allylic oxidation sites excluding steroid dienone is 12. The summed E-state index contributed by atoms with van der Waals surface area (Å²) in [5.41, 5.74) is 0. The Morgan fingerprint density at radius 2 is 0.549 bits per heavy atom. The van der Waals surface area contributed by atoms with Crippen molar-refractivity contribution in [3.05, 3.63) is 72.9 Å².